The van der Waals surface area contributed by atoms with Crippen LogP contribution in [0.3, 0.4) is 0 Å². The molecule has 0 spiro atoms. The molecule has 0 aliphatic heterocycles. The van der Waals surface area contributed by atoms with E-state index < -0.39 is 0 Å². The monoisotopic (exact) mass is 207 g/mol. The highest BCUT2D eigenvalue weighted by molar-refractivity contribution is 6.25. The first-order valence-corrected chi connectivity index (χ1v) is 5.42. The first-order valence-electron chi connectivity index (χ1n) is 4.98. The number of hydrogen-bond donors (Lipinski definition) is 1. The van der Waals surface area contributed by atoms with E-state index in [0.717, 1.165) is 6.54 Å². The summed E-state index contributed by atoms with van der Waals surface area (Å²) in [6.45, 7) is 0.850. The minimum Gasteiger partial charge on any atom is -0.306 e. The maximum absolute atomic E-state index is 5.47. The van der Waals surface area contributed by atoms with Crippen molar-refractivity contribution in [3.63, 3.8) is 0 Å². The third-order valence-corrected chi connectivity index (χ3v) is 2.88. The molecular weight excluding hydrogens is 194 g/mol. The first kappa shape index (κ1) is 9.75. The summed E-state index contributed by atoms with van der Waals surface area (Å²) in [5.41, 5.74) is 4.50. The van der Waals surface area contributed by atoms with Crippen LogP contribution in [0.5, 0.6) is 0 Å². The number of rotatable bonds is 3. The molecule has 0 bridgehead atoms. The Kier molecular flexibility index (Phi) is 3.22. The summed E-state index contributed by atoms with van der Waals surface area (Å²) in [6, 6.07) is 9.16. The van der Waals surface area contributed by atoms with Gasteiger partial charge in [-0.1, -0.05) is 41.9 Å². The van der Waals surface area contributed by atoms with Crippen molar-refractivity contribution in [2.45, 2.75) is 18.9 Å². The largest absolute Gasteiger partial charge is 0.306 e. The molecule has 1 N–H and O–H groups in total. The molecule has 0 amide bonds. The molecule has 2 rings (SSSR count). The van der Waals surface area contributed by atoms with E-state index in [1.165, 1.54) is 24.0 Å². The van der Waals surface area contributed by atoms with E-state index in [-0.39, 0.29) is 0 Å². The van der Waals surface area contributed by atoms with Gasteiger partial charge in [-0.3, -0.25) is 0 Å². The van der Waals surface area contributed by atoms with Gasteiger partial charge < -0.3 is 5.32 Å². The van der Waals surface area contributed by atoms with Crippen molar-refractivity contribution < 1.29 is 0 Å². The lowest BCUT2D eigenvalue weighted by Crippen LogP contribution is -2.18. The summed E-state index contributed by atoms with van der Waals surface area (Å²) in [6.07, 6.45) is 4.33. The van der Waals surface area contributed by atoms with E-state index in [1.54, 1.807) is 5.54 Å². The quantitative estimate of drug-likeness (QED) is 0.804. The smallest absolute Gasteiger partial charge is 0.0328 e. The molecule has 0 fully saturated rings. The van der Waals surface area contributed by atoms with Crippen molar-refractivity contribution in [1.82, 2.24) is 5.32 Å². The van der Waals surface area contributed by atoms with Crippen LogP contribution >= 0.6 is 11.6 Å². The Hall–Kier alpha value is -0.790. The van der Waals surface area contributed by atoms with Crippen molar-refractivity contribution in [2.24, 2.45) is 0 Å². The summed E-state index contributed by atoms with van der Waals surface area (Å²) in [4.78, 5) is 0. The molecular formula is C12H14ClN. The number of benzene rings is 1. The minimum absolute atomic E-state index is 0.513. The molecule has 1 aromatic carbocycles. The molecule has 0 radical (unpaired) electrons. The van der Waals surface area contributed by atoms with Crippen LogP contribution in [-0.4, -0.2) is 6.54 Å². The Bertz CT molecular complexity index is 333. The molecule has 1 aliphatic carbocycles. The summed E-state index contributed by atoms with van der Waals surface area (Å²) in [5.74, 6) is 0. The lowest BCUT2D eigenvalue weighted by Gasteiger charge is -2.11. The van der Waals surface area contributed by atoms with Crippen LogP contribution in [0.15, 0.2) is 35.9 Å². The maximum Gasteiger partial charge on any atom is 0.0328 e. The van der Waals surface area contributed by atoms with Gasteiger partial charge in [-0.25, -0.2) is 0 Å². The average molecular weight is 208 g/mol. The summed E-state index contributed by atoms with van der Waals surface area (Å²) >= 11 is 5.47. The summed E-state index contributed by atoms with van der Waals surface area (Å²) in [7, 11) is 0. The molecule has 74 valence electrons. The Labute approximate surface area is 89.8 Å². The number of nitrogens with one attached hydrogen (secondary N) is 1. The fourth-order valence-corrected chi connectivity index (χ4v) is 2.11. The normalized spacial score (nSPS) is 20.2. The van der Waals surface area contributed by atoms with E-state index in [4.69, 9.17) is 11.6 Å². The van der Waals surface area contributed by atoms with Gasteiger partial charge in [-0.05, 0) is 24.0 Å². The topological polar surface area (TPSA) is 12.0 Å². The van der Waals surface area contributed by atoms with Gasteiger partial charge in [-0.2, -0.15) is 0 Å². The fourth-order valence-electron chi connectivity index (χ4n) is 2.02. The van der Waals surface area contributed by atoms with E-state index in [0.29, 0.717) is 6.04 Å². The zero-order valence-corrected chi connectivity index (χ0v) is 8.80. The zero-order valence-electron chi connectivity index (χ0n) is 8.04. The van der Waals surface area contributed by atoms with Gasteiger partial charge in [0.05, 0.1) is 0 Å². The van der Waals surface area contributed by atoms with Crippen LogP contribution < -0.4 is 5.32 Å². The summed E-state index contributed by atoms with van der Waals surface area (Å²) < 4.78 is 0. The van der Waals surface area contributed by atoms with Crippen molar-refractivity contribution in [3.8, 4) is 0 Å². The average Bonchev–Trinajstić information content (AvgIpc) is 2.63. The molecule has 14 heavy (non-hydrogen) atoms. The van der Waals surface area contributed by atoms with Crippen LogP contribution in [-0.2, 0) is 6.42 Å². The SMILES string of the molecule is Cl/C=C/CN[C@@H]1CCc2ccccc21. The van der Waals surface area contributed by atoms with Crippen LogP contribution in [0, 0.1) is 0 Å². The third-order valence-electron chi connectivity index (χ3n) is 2.70. The Balaban J connectivity index is 2.03. The van der Waals surface area contributed by atoms with E-state index in [1.807, 2.05) is 6.08 Å². The lowest BCUT2D eigenvalue weighted by molar-refractivity contribution is 0.564. The molecule has 1 aromatic rings. The molecule has 2 heteroatoms. The second-order valence-electron chi connectivity index (χ2n) is 3.56. The number of hydrogen-bond acceptors (Lipinski definition) is 1. The highest BCUT2D eigenvalue weighted by Crippen LogP contribution is 2.30. The van der Waals surface area contributed by atoms with E-state index in [9.17, 15) is 0 Å². The maximum atomic E-state index is 5.47. The van der Waals surface area contributed by atoms with Gasteiger partial charge in [0.1, 0.15) is 0 Å². The first-order chi connectivity index (χ1) is 6.92. The fraction of sp³-hybridized carbons (Fsp3) is 0.333. The molecule has 1 nitrogen and oxygen atoms in total. The van der Waals surface area contributed by atoms with Gasteiger partial charge >= 0.3 is 0 Å². The van der Waals surface area contributed by atoms with Crippen molar-refractivity contribution in [2.75, 3.05) is 6.54 Å². The third kappa shape index (κ3) is 1.99. The van der Waals surface area contributed by atoms with Crippen molar-refractivity contribution >= 4 is 11.6 Å². The highest BCUT2D eigenvalue weighted by atomic mass is 35.5. The Morgan fingerprint density at radius 2 is 2.29 bits per heavy atom. The van der Waals surface area contributed by atoms with Crippen LogP contribution in [0.1, 0.15) is 23.6 Å². The zero-order chi connectivity index (χ0) is 9.80. The standard InChI is InChI=1S/C12H14ClN/c13-8-3-9-14-12-7-6-10-4-1-2-5-11(10)12/h1-5,8,12,14H,6-7,9H2/b8-3+/t12-/m1/s1. The van der Waals surface area contributed by atoms with Crippen LogP contribution in [0.25, 0.3) is 0 Å². The molecule has 0 unspecified atom stereocenters. The van der Waals surface area contributed by atoms with Gasteiger partial charge in [0.2, 0.25) is 0 Å². The lowest BCUT2D eigenvalue weighted by atomic mass is 10.1. The molecule has 1 atom stereocenters. The number of fused-ring (bicyclic) bond motifs is 1. The summed E-state index contributed by atoms with van der Waals surface area (Å²) in [5, 5.41) is 3.47. The second kappa shape index (κ2) is 4.63. The van der Waals surface area contributed by atoms with Gasteiger partial charge in [-0.15, -0.1) is 0 Å². The van der Waals surface area contributed by atoms with Crippen molar-refractivity contribution in [3.05, 3.63) is 47.0 Å². The van der Waals surface area contributed by atoms with E-state index >= 15 is 0 Å². The predicted octanol–water partition coefficient (Wildman–Crippen LogP) is 3.02. The molecule has 0 heterocycles. The number of aryl methyl sites for hydroxylation is 1. The number of halogens is 1. The van der Waals surface area contributed by atoms with Gasteiger partial charge in [0.25, 0.3) is 0 Å². The Morgan fingerprint density at radius 1 is 1.43 bits per heavy atom. The molecule has 0 saturated heterocycles. The molecule has 0 saturated carbocycles. The van der Waals surface area contributed by atoms with Crippen LogP contribution in [0.2, 0.25) is 0 Å². The second-order valence-corrected chi connectivity index (χ2v) is 3.81. The minimum atomic E-state index is 0.513. The predicted molar refractivity (Wildman–Crippen MR) is 60.5 cm³/mol. The van der Waals surface area contributed by atoms with Crippen LogP contribution in [0.4, 0.5) is 0 Å². The Morgan fingerprint density at radius 3 is 3.14 bits per heavy atom. The van der Waals surface area contributed by atoms with E-state index in [2.05, 4.69) is 29.6 Å². The van der Waals surface area contributed by atoms with Gasteiger partial charge in [0.15, 0.2) is 0 Å². The van der Waals surface area contributed by atoms with Crippen molar-refractivity contribution in [1.29, 1.82) is 0 Å². The van der Waals surface area contributed by atoms with Gasteiger partial charge in [0, 0.05) is 18.1 Å². The molecule has 0 aromatic heterocycles. The molecule has 1 aliphatic rings. The highest BCUT2D eigenvalue weighted by Gasteiger charge is 2.20.